The summed E-state index contributed by atoms with van der Waals surface area (Å²) in [4.78, 5) is 8.56. The Bertz CT molecular complexity index is 426. The molecule has 0 unspecified atom stereocenters. The third-order valence-electron chi connectivity index (χ3n) is 3.23. The first-order valence-corrected chi connectivity index (χ1v) is 7.39. The van der Waals surface area contributed by atoms with Crippen LogP contribution in [0.25, 0.3) is 0 Å². The fraction of sp³-hybridized carbons (Fsp3) is 0.600. The molecule has 0 aromatic carbocycles. The maximum Gasteiger partial charge on any atom is 0.213 e. The van der Waals surface area contributed by atoms with Crippen molar-refractivity contribution in [1.29, 1.82) is 0 Å². The molecule has 0 saturated heterocycles. The molecule has 1 aromatic rings. The second-order valence-corrected chi connectivity index (χ2v) is 5.24. The van der Waals surface area contributed by atoms with Crippen LogP contribution in [0.5, 0.6) is 5.88 Å². The van der Waals surface area contributed by atoms with Gasteiger partial charge < -0.3 is 15.8 Å². The first-order valence-electron chi connectivity index (χ1n) is 7.39. The van der Waals surface area contributed by atoms with Gasteiger partial charge in [0.25, 0.3) is 0 Å². The highest BCUT2D eigenvalue weighted by Crippen LogP contribution is 2.29. The lowest BCUT2D eigenvalue weighted by molar-refractivity contribution is 0.288. The molecule has 5 heteroatoms. The van der Waals surface area contributed by atoms with Gasteiger partial charge in [-0.05, 0) is 30.7 Å². The number of rotatable bonds is 8. The van der Waals surface area contributed by atoms with Crippen LogP contribution in [0, 0.1) is 5.92 Å². The molecule has 0 bridgehead atoms. The minimum atomic E-state index is 0.493. The van der Waals surface area contributed by atoms with Crippen molar-refractivity contribution in [2.24, 2.45) is 16.6 Å². The summed E-state index contributed by atoms with van der Waals surface area (Å²) in [5.41, 5.74) is 6.81. The molecule has 20 heavy (non-hydrogen) atoms. The molecule has 1 saturated carbocycles. The molecule has 5 nitrogen and oxygen atoms in total. The van der Waals surface area contributed by atoms with Gasteiger partial charge in [-0.25, -0.2) is 9.98 Å². The number of pyridine rings is 1. The molecule has 0 amide bonds. The summed E-state index contributed by atoms with van der Waals surface area (Å²) >= 11 is 0. The van der Waals surface area contributed by atoms with Crippen molar-refractivity contribution in [1.82, 2.24) is 10.3 Å². The molecular weight excluding hydrogens is 252 g/mol. The van der Waals surface area contributed by atoms with E-state index in [-0.39, 0.29) is 0 Å². The van der Waals surface area contributed by atoms with Gasteiger partial charge in [0, 0.05) is 18.8 Å². The number of guanidine groups is 1. The standard InChI is InChI=1S/C15H24N4O/c1-2-3-8-17-15(16)19-10-13-6-7-14(18-9-13)20-11-12-4-5-12/h6-7,9,12H,2-5,8,10-11H2,1H3,(H3,16,17,19). The van der Waals surface area contributed by atoms with Gasteiger partial charge in [0.05, 0.1) is 13.2 Å². The second kappa shape index (κ2) is 7.72. The lowest BCUT2D eigenvalue weighted by Crippen LogP contribution is -2.32. The van der Waals surface area contributed by atoms with E-state index in [0.717, 1.165) is 37.5 Å². The first kappa shape index (κ1) is 14.6. The van der Waals surface area contributed by atoms with Gasteiger partial charge in [0.15, 0.2) is 5.96 Å². The summed E-state index contributed by atoms with van der Waals surface area (Å²) in [7, 11) is 0. The van der Waals surface area contributed by atoms with Crippen LogP contribution in [0.4, 0.5) is 0 Å². The highest BCUT2D eigenvalue weighted by atomic mass is 16.5. The van der Waals surface area contributed by atoms with Crippen LogP contribution in [-0.2, 0) is 6.54 Å². The highest BCUT2D eigenvalue weighted by Gasteiger charge is 2.21. The van der Waals surface area contributed by atoms with Gasteiger partial charge in [-0.3, -0.25) is 0 Å². The zero-order valence-electron chi connectivity index (χ0n) is 12.1. The van der Waals surface area contributed by atoms with Crippen LogP contribution in [0.3, 0.4) is 0 Å². The molecule has 1 heterocycles. The predicted octanol–water partition coefficient (Wildman–Crippen LogP) is 2.07. The summed E-state index contributed by atoms with van der Waals surface area (Å²) in [6, 6.07) is 3.88. The zero-order chi connectivity index (χ0) is 14.2. The SMILES string of the molecule is CCCCNC(N)=NCc1ccc(OCC2CC2)nc1. The molecule has 0 spiro atoms. The molecule has 110 valence electrons. The van der Waals surface area contributed by atoms with E-state index < -0.39 is 0 Å². The molecule has 0 radical (unpaired) electrons. The number of ether oxygens (including phenoxy) is 1. The van der Waals surface area contributed by atoms with E-state index in [2.05, 4.69) is 22.2 Å². The lowest BCUT2D eigenvalue weighted by Gasteiger charge is -2.06. The number of nitrogens with two attached hydrogens (primary N) is 1. The molecule has 1 aromatic heterocycles. The maximum absolute atomic E-state index is 5.77. The van der Waals surface area contributed by atoms with E-state index in [4.69, 9.17) is 10.5 Å². The monoisotopic (exact) mass is 276 g/mol. The minimum absolute atomic E-state index is 0.493. The van der Waals surface area contributed by atoms with Gasteiger partial charge in [-0.2, -0.15) is 0 Å². The Morgan fingerprint density at radius 2 is 2.35 bits per heavy atom. The van der Waals surface area contributed by atoms with E-state index in [1.54, 1.807) is 6.20 Å². The van der Waals surface area contributed by atoms with E-state index in [1.807, 2.05) is 12.1 Å². The molecule has 1 fully saturated rings. The Hall–Kier alpha value is -1.78. The van der Waals surface area contributed by atoms with Gasteiger partial charge in [0.1, 0.15) is 0 Å². The van der Waals surface area contributed by atoms with Crippen molar-refractivity contribution in [3.05, 3.63) is 23.9 Å². The fourth-order valence-corrected chi connectivity index (χ4v) is 1.70. The topological polar surface area (TPSA) is 72.5 Å². The average Bonchev–Trinajstić information content (AvgIpc) is 3.28. The number of unbranched alkanes of at least 4 members (excludes halogenated alkanes) is 1. The summed E-state index contributed by atoms with van der Waals surface area (Å²) in [6.45, 7) is 4.35. The average molecular weight is 276 g/mol. The van der Waals surface area contributed by atoms with Gasteiger partial charge >= 0.3 is 0 Å². The Labute approximate surface area is 120 Å². The summed E-state index contributed by atoms with van der Waals surface area (Å²) in [5, 5.41) is 3.09. The summed E-state index contributed by atoms with van der Waals surface area (Å²) in [5.74, 6) is 1.93. The normalized spacial score (nSPS) is 15.2. The summed E-state index contributed by atoms with van der Waals surface area (Å²) < 4.78 is 5.59. The largest absolute Gasteiger partial charge is 0.477 e. The fourth-order valence-electron chi connectivity index (χ4n) is 1.70. The lowest BCUT2D eigenvalue weighted by atomic mass is 10.3. The molecule has 0 atom stereocenters. The number of nitrogens with one attached hydrogen (secondary N) is 1. The Morgan fingerprint density at radius 1 is 1.50 bits per heavy atom. The van der Waals surface area contributed by atoms with Crippen molar-refractivity contribution in [3.63, 3.8) is 0 Å². The molecule has 0 aliphatic heterocycles. The second-order valence-electron chi connectivity index (χ2n) is 5.24. The van der Waals surface area contributed by atoms with E-state index in [1.165, 1.54) is 12.8 Å². The number of aromatic nitrogens is 1. The molecular formula is C15H24N4O. The quantitative estimate of drug-likeness (QED) is 0.433. The number of aliphatic imine (C=N–C) groups is 1. The van der Waals surface area contributed by atoms with E-state index in [0.29, 0.717) is 18.4 Å². The van der Waals surface area contributed by atoms with Gasteiger partial charge in [-0.15, -0.1) is 0 Å². The minimum Gasteiger partial charge on any atom is -0.477 e. The van der Waals surface area contributed by atoms with Crippen LogP contribution >= 0.6 is 0 Å². The van der Waals surface area contributed by atoms with Crippen molar-refractivity contribution in [3.8, 4) is 5.88 Å². The Kier molecular flexibility index (Phi) is 5.65. The van der Waals surface area contributed by atoms with Gasteiger partial charge in [-0.1, -0.05) is 19.4 Å². The van der Waals surface area contributed by atoms with Crippen molar-refractivity contribution in [2.45, 2.75) is 39.2 Å². The van der Waals surface area contributed by atoms with Crippen LogP contribution in [0.1, 0.15) is 38.2 Å². The highest BCUT2D eigenvalue weighted by molar-refractivity contribution is 5.77. The Balaban J connectivity index is 1.72. The van der Waals surface area contributed by atoms with Gasteiger partial charge in [0.2, 0.25) is 5.88 Å². The third-order valence-corrected chi connectivity index (χ3v) is 3.23. The Morgan fingerprint density at radius 3 is 3.00 bits per heavy atom. The van der Waals surface area contributed by atoms with Crippen LogP contribution in [-0.4, -0.2) is 24.1 Å². The van der Waals surface area contributed by atoms with Crippen molar-refractivity contribution in [2.75, 3.05) is 13.2 Å². The molecule has 1 aliphatic rings. The molecule has 1 aliphatic carbocycles. The smallest absolute Gasteiger partial charge is 0.213 e. The molecule has 3 N–H and O–H groups in total. The zero-order valence-corrected chi connectivity index (χ0v) is 12.1. The summed E-state index contributed by atoms with van der Waals surface area (Å²) in [6.07, 6.45) is 6.62. The van der Waals surface area contributed by atoms with Crippen molar-refractivity contribution < 1.29 is 4.74 Å². The first-order chi connectivity index (χ1) is 9.78. The number of hydrogen-bond donors (Lipinski definition) is 2. The maximum atomic E-state index is 5.77. The van der Waals surface area contributed by atoms with Crippen LogP contribution in [0.15, 0.2) is 23.3 Å². The van der Waals surface area contributed by atoms with E-state index in [9.17, 15) is 0 Å². The number of hydrogen-bond acceptors (Lipinski definition) is 3. The van der Waals surface area contributed by atoms with Crippen molar-refractivity contribution >= 4 is 5.96 Å². The number of nitrogens with zero attached hydrogens (tertiary/aromatic N) is 2. The predicted molar refractivity (Wildman–Crippen MR) is 80.7 cm³/mol. The van der Waals surface area contributed by atoms with Crippen LogP contribution < -0.4 is 15.8 Å². The van der Waals surface area contributed by atoms with E-state index >= 15 is 0 Å². The van der Waals surface area contributed by atoms with Crippen LogP contribution in [0.2, 0.25) is 0 Å². The molecule has 2 rings (SSSR count). The third kappa shape index (κ3) is 5.47.